The molecule has 0 spiro atoms. The Labute approximate surface area is 205 Å². The maximum Gasteiger partial charge on any atom is 0.218 e. The Hall–Kier alpha value is -3.24. The molecule has 0 atom stereocenters. The zero-order valence-electron chi connectivity index (χ0n) is 20.1. The number of hydrogen-bond donors (Lipinski definition) is 1. The minimum absolute atomic E-state index is 0.136. The third-order valence-electron chi connectivity index (χ3n) is 6.40. The lowest BCUT2D eigenvalue weighted by Crippen LogP contribution is -2.36. The van der Waals surface area contributed by atoms with E-state index in [1.807, 2.05) is 6.07 Å². The second kappa shape index (κ2) is 11.5. The molecule has 3 heterocycles. The molecule has 0 bridgehead atoms. The fraction of sp³-hybridized carbons (Fsp3) is 0.520. The average Bonchev–Trinajstić information content (AvgIpc) is 2.91. The summed E-state index contributed by atoms with van der Waals surface area (Å²) in [6.07, 6.45) is 8.98. The predicted octanol–water partition coefficient (Wildman–Crippen LogP) is 3.08. The van der Waals surface area contributed by atoms with Crippen LogP contribution >= 0.6 is 0 Å². The van der Waals surface area contributed by atoms with Crippen LogP contribution < -0.4 is 19.7 Å². The molecule has 3 aromatic rings. The number of nitrogens with zero attached hydrogens (tertiary/aromatic N) is 5. The molecule has 2 fully saturated rings. The maximum absolute atomic E-state index is 6.53. The molecule has 5 rings (SSSR count). The number of benzene rings is 1. The molecule has 10 heteroatoms. The molecular weight excluding hydrogens is 448 g/mol. The average molecular weight is 481 g/mol. The molecular formula is C25H32N6O4. The highest BCUT2D eigenvalue weighted by Crippen LogP contribution is 2.33. The standard InChI is InChI=1S/C25H32N6O4/c1-32-12-13-34-24-16-23(28-17-29-24)30-18-2-4-20(5-3-18)35-22-15-19(31-8-10-33-11-9-31)14-21-25(22)27-7-6-26-21/h6-7,14-18,20H,2-5,8-13H2,1H3,(H,28,29,30)/t18-,20+. The van der Waals surface area contributed by atoms with Crippen molar-refractivity contribution in [3.63, 3.8) is 0 Å². The van der Waals surface area contributed by atoms with Gasteiger partial charge in [-0.05, 0) is 31.7 Å². The van der Waals surface area contributed by atoms with Crippen molar-refractivity contribution in [3.05, 3.63) is 36.9 Å². The lowest BCUT2D eigenvalue weighted by atomic mass is 9.93. The topological polar surface area (TPSA) is 104 Å². The van der Waals surface area contributed by atoms with Gasteiger partial charge in [-0.1, -0.05) is 0 Å². The van der Waals surface area contributed by atoms with Gasteiger partial charge in [-0.3, -0.25) is 4.98 Å². The Morgan fingerprint density at radius 3 is 2.63 bits per heavy atom. The van der Waals surface area contributed by atoms with Gasteiger partial charge in [0, 0.05) is 56.5 Å². The Morgan fingerprint density at radius 1 is 0.971 bits per heavy atom. The number of anilines is 2. The molecule has 10 nitrogen and oxygen atoms in total. The van der Waals surface area contributed by atoms with Crippen molar-refractivity contribution >= 4 is 22.5 Å². The maximum atomic E-state index is 6.53. The van der Waals surface area contributed by atoms with E-state index < -0.39 is 0 Å². The van der Waals surface area contributed by atoms with Crippen LogP contribution in [0.3, 0.4) is 0 Å². The second-order valence-corrected chi connectivity index (χ2v) is 8.79. The van der Waals surface area contributed by atoms with E-state index in [0.717, 1.165) is 80.3 Å². The smallest absolute Gasteiger partial charge is 0.218 e. The number of rotatable bonds is 9. The van der Waals surface area contributed by atoms with Crippen LogP contribution in [-0.4, -0.2) is 78.7 Å². The molecule has 186 valence electrons. The highest BCUT2D eigenvalue weighted by molar-refractivity contribution is 5.85. The summed E-state index contributed by atoms with van der Waals surface area (Å²) in [4.78, 5) is 19.9. The van der Waals surface area contributed by atoms with E-state index in [1.54, 1.807) is 19.5 Å². The summed E-state index contributed by atoms with van der Waals surface area (Å²) < 4.78 is 22.7. The summed E-state index contributed by atoms with van der Waals surface area (Å²) >= 11 is 0. The van der Waals surface area contributed by atoms with Gasteiger partial charge < -0.3 is 29.2 Å². The molecule has 2 aliphatic rings. The first-order chi connectivity index (χ1) is 17.3. The highest BCUT2D eigenvalue weighted by atomic mass is 16.5. The summed E-state index contributed by atoms with van der Waals surface area (Å²) in [5, 5.41) is 3.52. The van der Waals surface area contributed by atoms with Gasteiger partial charge in [-0.15, -0.1) is 0 Å². The molecule has 2 aromatic heterocycles. The Balaban J connectivity index is 1.20. The van der Waals surface area contributed by atoms with Crippen molar-refractivity contribution in [3.8, 4) is 11.6 Å². The third kappa shape index (κ3) is 6.07. The van der Waals surface area contributed by atoms with Gasteiger partial charge in [0.1, 0.15) is 30.0 Å². The minimum atomic E-state index is 0.136. The molecule has 1 saturated heterocycles. The second-order valence-electron chi connectivity index (χ2n) is 8.79. The van der Waals surface area contributed by atoms with Crippen LogP contribution in [-0.2, 0) is 9.47 Å². The molecule has 1 N–H and O–H groups in total. The van der Waals surface area contributed by atoms with Crippen molar-refractivity contribution < 1.29 is 18.9 Å². The van der Waals surface area contributed by atoms with Gasteiger partial charge in [0.15, 0.2) is 0 Å². The van der Waals surface area contributed by atoms with Gasteiger partial charge in [0.05, 0.1) is 31.4 Å². The summed E-state index contributed by atoms with van der Waals surface area (Å²) in [6.45, 7) is 4.18. The van der Waals surface area contributed by atoms with Gasteiger partial charge >= 0.3 is 0 Å². The summed E-state index contributed by atoms with van der Waals surface area (Å²) in [5.74, 6) is 2.13. The Morgan fingerprint density at radius 2 is 1.80 bits per heavy atom. The van der Waals surface area contributed by atoms with Gasteiger partial charge in [0.2, 0.25) is 5.88 Å². The van der Waals surface area contributed by atoms with Crippen molar-refractivity contribution in [1.29, 1.82) is 0 Å². The van der Waals surface area contributed by atoms with Gasteiger partial charge in [-0.25, -0.2) is 15.0 Å². The van der Waals surface area contributed by atoms with Crippen molar-refractivity contribution in [1.82, 2.24) is 19.9 Å². The third-order valence-corrected chi connectivity index (χ3v) is 6.40. The fourth-order valence-corrected chi connectivity index (χ4v) is 4.56. The predicted molar refractivity (Wildman–Crippen MR) is 132 cm³/mol. The SMILES string of the molecule is COCCOc1cc(N[C@H]2CC[C@@H](Oc3cc(N4CCOCC4)cc4nccnc34)CC2)ncn1. The molecule has 1 aromatic carbocycles. The van der Waals surface area contributed by atoms with E-state index in [9.17, 15) is 0 Å². The summed E-state index contributed by atoms with van der Waals surface area (Å²) in [5.41, 5.74) is 2.78. The number of ether oxygens (including phenoxy) is 4. The van der Waals surface area contributed by atoms with E-state index in [4.69, 9.17) is 18.9 Å². The zero-order valence-corrected chi connectivity index (χ0v) is 20.1. The van der Waals surface area contributed by atoms with E-state index in [-0.39, 0.29) is 6.10 Å². The molecule has 35 heavy (non-hydrogen) atoms. The van der Waals surface area contributed by atoms with Gasteiger partial charge in [0.25, 0.3) is 0 Å². The first-order valence-corrected chi connectivity index (χ1v) is 12.2. The van der Waals surface area contributed by atoms with Crippen molar-refractivity contribution in [2.75, 3.05) is 56.8 Å². The van der Waals surface area contributed by atoms with Crippen LogP contribution in [0.2, 0.25) is 0 Å². The normalized spacial score (nSPS) is 20.5. The minimum Gasteiger partial charge on any atom is -0.488 e. The van der Waals surface area contributed by atoms with E-state index in [2.05, 4.69) is 42.3 Å². The van der Waals surface area contributed by atoms with Crippen LogP contribution in [0.5, 0.6) is 11.6 Å². The largest absolute Gasteiger partial charge is 0.488 e. The van der Waals surface area contributed by atoms with E-state index >= 15 is 0 Å². The highest BCUT2D eigenvalue weighted by Gasteiger charge is 2.24. The number of methoxy groups -OCH3 is 1. The van der Waals surface area contributed by atoms with Crippen molar-refractivity contribution in [2.45, 2.75) is 37.8 Å². The quantitative estimate of drug-likeness (QED) is 0.460. The number of morpholine rings is 1. The molecule has 0 amide bonds. The lowest BCUT2D eigenvalue weighted by Gasteiger charge is -2.31. The molecule has 1 saturated carbocycles. The molecule has 0 unspecified atom stereocenters. The number of nitrogens with one attached hydrogen (secondary N) is 1. The zero-order chi connectivity index (χ0) is 23.9. The molecule has 1 aliphatic heterocycles. The van der Waals surface area contributed by atoms with Crippen LogP contribution in [0.15, 0.2) is 36.9 Å². The number of hydrogen-bond acceptors (Lipinski definition) is 10. The number of aromatic nitrogens is 4. The molecule has 1 aliphatic carbocycles. The number of fused-ring (bicyclic) bond motifs is 1. The first-order valence-electron chi connectivity index (χ1n) is 12.2. The Bertz CT molecular complexity index is 1100. The van der Waals surface area contributed by atoms with Crippen LogP contribution in [0.1, 0.15) is 25.7 Å². The summed E-state index contributed by atoms with van der Waals surface area (Å²) in [7, 11) is 1.65. The Kier molecular flexibility index (Phi) is 7.69. The van der Waals surface area contributed by atoms with Crippen LogP contribution in [0, 0.1) is 0 Å². The van der Waals surface area contributed by atoms with Gasteiger partial charge in [-0.2, -0.15) is 0 Å². The molecule has 0 radical (unpaired) electrons. The van der Waals surface area contributed by atoms with Crippen LogP contribution in [0.4, 0.5) is 11.5 Å². The van der Waals surface area contributed by atoms with E-state index in [0.29, 0.717) is 25.1 Å². The summed E-state index contributed by atoms with van der Waals surface area (Å²) in [6, 6.07) is 6.36. The fourth-order valence-electron chi connectivity index (χ4n) is 4.56. The van der Waals surface area contributed by atoms with E-state index in [1.165, 1.54) is 6.33 Å². The lowest BCUT2D eigenvalue weighted by molar-refractivity contribution is 0.122. The monoisotopic (exact) mass is 480 g/mol. The first kappa shape index (κ1) is 23.5. The van der Waals surface area contributed by atoms with Crippen molar-refractivity contribution in [2.24, 2.45) is 0 Å². The van der Waals surface area contributed by atoms with Crippen LogP contribution in [0.25, 0.3) is 11.0 Å².